The first-order valence-corrected chi connectivity index (χ1v) is 8.22. The van der Waals surface area contributed by atoms with E-state index in [-0.39, 0.29) is 5.82 Å². The van der Waals surface area contributed by atoms with Gasteiger partial charge in [0.1, 0.15) is 11.6 Å². The van der Waals surface area contributed by atoms with Gasteiger partial charge in [-0.15, -0.1) is 0 Å². The van der Waals surface area contributed by atoms with Crippen LogP contribution in [0.15, 0.2) is 42.6 Å². The molecule has 1 aromatic carbocycles. The monoisotopic (exact) mass is 326 g/mol. The minimum atomic E-state index is -0.249. The van der Waals surface area contributed by atoms with E-state index in [2.05, 4.69) is 15.4 Å². The van der Waals surface area contributed by atoms with Crippen LogP contribution in [0.1, 0.15) is 12.8 Å². The van der Waals surface area contributed by atoms with Crippen molar-refractivity contribution in [2.75, 3.05) is 25.1 Å². The van der Waals surface area contributed by atoms with Gasteiger partial charge in [-0.05, 0) is 43.0 Å². The van der Waals surface area contributed by atoms with Crippen LogP contribution < -0.4 is 5.32 Å². The lowest BCUT2D eigenvalue weighted by Gasteiger charge is -2.12. The molecular formula is C18H19FN4O. The summed E-state index contributed by atoms with van der Waals surface area (Å²) in [5.74, 6) is 1.27. The van der Waals surface area contributed by atoms with E-state index in [1.807, 2.05) is 12.1 Å². The number of fused-ring (bicyclic) bond motifs is 1. The summed E-state index contributed by atoms with van der Waals surface area (Å²) >= 11 is 0. The molecule has 0 bridgehead atoms. The standard InChI is InChI=1S/C18H19FN4O/c19-15-3-1-14(2-4-15)16-11-18(23-17(22-16)6-9-21-23)20-8-5-13-7-10-24-12-13/h1-4,6,9,11,13,20H,5,7-8,10,12H2/t13-/m1/s1. The summed E-state index contributed by atoms with van der Waals surface area (Å²) in [6, 6.07) is 10.2. The van der Waals surface area contributed by atoms with Gasteiger partial charge in [0, 0.05) is 37.5 Å². The highest BCUT2D eigenvalue weighted by molar-refractivity contribution is 5.66. The zero-order valence-electron chi connectivity index (χ0n) is 13.3. The topological polar surface area (TPSA) is 51.5 Å². The fourth-order valence-electron chi connectivity index (χ4n) is 3.02. The number of rotatable bonds is 5. The van der Waals surface area contributed by atoms with E-state index in [0.29, 0.717) is 5.92 Å². The van der Waals surface area contributed by atoms with Gasteiger partial charge in [-0.3, -0.25) is 0 Å². The molecule has 0 aliphatic carbocycles. The van der Waals surface area contributed by atoms with E-state index in [0.717, 1.165) is 55.3 Å². The average Bonchev–Trinajstić information content (AvgIpc) is 3.26. The summed E-state index contributed by atoms with van der Waals surface area (Å²) in [6.07, 6.45) is 3.93. The van der Waals surface area contributed by atoms with Gasteiger partial charge >= 0.3 is 0 Å². The number of halogens is 1. The predicted molar refractivity (Wildman–Crippen MR) is 90.4 cm³/mol. The number of nitrogens with one attached hydrogen (secondary N) is 1. The highest BCUT2D eigenvalue weighted by atomic mass is 19.1. The molecule has 2 aromatic heterocycles. The maximum atomic E-state index is 13.1. The molecule has 0 radical (unpaired) electrons. The lowest BCUT2D eigenvalue weighted by molar-refractivity contribution is 0.185. The second-order valence-electron chi connectivity index (χ2n) is 6.08. The number of hydrogen-bond donors (Lipinski definition) is 1. The summed E-state index contributed by atoms with van der Waals surface area (Å²) in [5.41, 5.74) is 2.45. The van der Waals surface area contributed by atoms with Crippen molar-refractivity contribution in [2.45, 2.75) is 12.8 Å². The van der Waals surface area contributed by atoms with Gasteiger partial charge in [0.2, 0.25) is 0 Å². The van der Waals surface area contributed by atoms with Crippen molar-refractivity contribution < 1.29 is 9.13 Å². The van der Waals surface area contributed by atoms with Crippen molar-refractivity contribution >= 4 is 11.5 Å². The lowest BCUT2D eigenvalue weighted by Crippen LogP contribution is -2.12. The first-order chi connectivity index (χ1) is 11.8. The number of ether oxygens (including phenoxy) is 1. The Morgan fingerprint density at radius 3 is 2.92 bits per heavy atom. The Labute approximate surface area is 139 Å². The SMILES string of the molecule is Fc1ccc(-c2cc(NCC[C@@H]3CCOC3)n3nccc3n2)cc1. The molecule has 0 amide bonds. The van der Waals surface area contributed by atoms with E-state index in [1.54, 1.807) is 22.8 Å². The molecular weight excluding hydrogens is 307 g/mol. The lowest BCUT2D eigenvalue weighted by atomic mass is 10.1. The average molecular weight is 326 g/mol. The quantitative estimate of drug-likeness (QED) is 0.781. The number of benzene rings is 1. The van der Waals surface area contributed by atoms with Crippen LogP contribution in [0.2, 0.25) is 0 Å². The highest BCUT2D eigenvalue weighted by Crippen LogP contribution is 2.23. The Balaban J connectivity index is 1.58. The molecule has 0 spiro atoms. The van der Waals surface area contributed by atoms with Crippen LogP contribution in [-0.2, 0) is 4.74 Å². The summed E-state index contributed by atoms with van der Waals surface area (Å²) in [4.78, 5) is 4.60. The second kappa shape index (κ2) is 6.57. The number of aromatic nitrogens is 3. The maximum absolute atomic E-state index is 13.1. The smallest absolute Gasteiger partial charge is 0.157 e. The predicted octanol–water partition coefficient (Wildman–Crippen LogP) is 3.37. The van der Waals surface area contributed by atoms with Crippen molar-refractivity contribution in [3.63, 3.8) is 0 Å². The van der Waals surface area contributed by atoms with Gasteiger partial charge in [0.15, 0.2) is 5.65 Å². The van der Waals surface area contributed by atoms with E-state index in [9.17, 15) is 4.39 Å². The van der Waals surface area contributed by atoms with Crippen LogP contribution in [0.25, 0.3) is 16.9 Å². The molecule has 124 valence electrons. The Bertz CT molecular complexity index is 825. The van der Waals surface area contributed by atoms with Crippen LogP contribution in [0.4, 0.5) is 10.2 Å². The minimum absolute atomic E-state index is 0.249. The molecule has 1 aliphatic rings. The molecule has 4 rings (SSSR count). The van der Waals surface area contributed by atoms with E-state index in [1.165, 1.54) is 12.1 Å². The van der Waals surface area contributed by atoms with Crippen LogP contribution >= 0.6 is 0 Å². The number of hydrogen-bond acceptors (Lipinski definition) is 4. The van der Waals surface area contributed by atoms with Crippen molar-refractivity contribution in [1.29, 1.82) is 0 Å². The minimum Gasteiger partial charge on any atom is -0.381 e. The number of anilines is 1. The third kappa shape index (κ3) is 3.10. The zero-order valence-corrected chi connectivity index (χ0v) is 13.3. The second-order valence-corrected chi connectivity index (χ2v) is 6.08. The Kier molecular flexibility index (Phi) is 4.13. The van der Waals surface area contributed by atoms with E-state index < -0.39 is 0 Å². The van der Waals surface area contributed by atoms with Gasteiger partial charge in [0.05, 0.1) is 11.9 Å². The Morgan fingerprint density at radius 2 is 2.12 bits per heavy atom. The molecule has 24 heavy (non-hydrogen) atoms. The van der Waals surface area contributed by atoms with E-state index >= 15 is 0 Å². The highest BCUT2D eigenvalue weighted by Gasteiger charge is 2.15. The molecule has 0 saturated carbocycles. The van der Waals surface area contributed by atoms with E-state index in [4.69, 9.17) is 4.74 Å². The molecule has 1 fully saturated rings. The van der Waals surface area contributed by atoms with Gasteiger partial charge < -0.3 is 10.1 Å². The third-order valence-corrected chi connectivity index (χ3v) is 4.38. The van der Waals surface area contributed by atoms with Gasteiger partial charge in [0.25, 0.3) is 0 Å². The summed E-state index contributed by atoms with van der Waals surface area (Å²) in [6.45, 7) is 2.59. The molecule has 3 heterocycles. The number of nitrogens with zero attached hydrogens (tertiary/aromatic N) is 3. The zero-order chi connectivity index (χ0) is 16.4. The maximum Gasteiger partial charge on any atom is 0.157 e. The first kappa shape index (κ1) is 15.1. The molecule has 6 heteroatoms. The summed E-state index contributed by atoms with van der Waals surface area (Å²) in [5, 5.41) is 7.78. The van der Waals surface area contributed by atoms with Crippen LogP contribution in [0, 0.1) is 11.7 Å². The molecule has 1 aliphatic heterocycles. The largest absolute Gasteiger partial charge is 0.381 e. The molecule has 3 aromatic rings. The molecule has 5 nitrogen and oxygen atoms in total. The molecule has 1 saturated heterocycles. The Hall–Kier alpha value is -2.47. The molecule has 1 N–H and O–H groups in total. The van der Waals surface area contributed by atoms with Crippen molar-refractivity contribution in [3.8, 4) is 11.3 Å². The molecule has 1 atom stereocenters. The van der Waals surface area contributed by atoms with Crippen molar-refractivity contribution in [1.82, 2.24) is 14.6 Å². The normalized spacial score (nSPS) is 17.5. The van der Waals surface area contributed by atoms with Crippen LogP contribution in [0.3, 0.4) is 0 Å². The van der Waals surface area contributed by atoms with Gasteiger partial charge in [-0.2, -0.15) is 9.61 Å². The molecule has 0 unspecified atom stereocenters. The van der Waals surface area contributed by atoms with Gasteiger partial charge in [-0.25, -0.2) is 9.37 Å². The van der Waals surface area contributed by atoms with Crippen molar-refractivity contribution in [3.05, 3.63) is 48.4 Å². The van der Waals surface area contributed by atoms with Crippen LogP contribution in [0.5, 0.6) is 0 Å². The third-order valence-electron chi connectivity index (χ3n) is 4.38. The summed E-state index contributed by atoms with van der Waals surface area (Å²) < 4.78 is 20.4. The first-order valence-electron chi connectivity index (χ1n) is 8.22. The van der Waals surface area contributed by atoms with Crippen LogP contribution in [-0.4, -0.2) is 34.4 Å². The summed E-state index contributed by atoms with van der Waals surface area (Å²) in [7, 11) is 0. The van der Waals surface area contributed by atoms with Crippen molar-refractivity contribution in [2.24, 2.45) is 5.92 Å². The fraction of sp³-hybridized carbons (Fsp3) is 0.333. The Morgan fingerprint density at radius 1 is 1.25 bits per heavy atom. The van der Waals surface area contributed by atoms with Gasteiger partial charge in [-0.1, -0.05) is 0 Å². The fourth-order valence-corrected chi connectivity index (χ4v) is 3.02.